The Hall–Kier alpha value is -4.08. The number of aromatic carboxylic acids is 1. The maximum absolute atomic E-state index is 12.7. The summed E-state index contributed by atoms with van der Waals surface area (Å²) in [6, 6.07) is 1.37. The molecule has 6 heterocycles. The lowest BCUT2D eigenvalue weighted by molar-refractivity contribution is 0.0389. The fourth-order valence-corrected chi connectivity index (χ4v) is 9.30. The van der Waals surface area contributed by atoms with E-state index in [0.29, 0.717) is 51.0 Å². The Labute approximate surface area is 394 Å². The van der Waals surface area contributed by atoms with Crippen LogP contribution in [0.4, 0.5) is 5.82 Å². The first-order valence-corrected chi connectivity index (χ1v) is 23.9. The molecule has 4 N–H and O–H groups in total. The van der Waals surface area contributed by atoms with Crippen molar-refractivity contribution in [3.63, 3.8) is 0 Å². The normalized spacial score (nSPS) is 20.0. The molecule has 4 fully saturated rings. The second-order valence-corrected chi connectivity index (χ2v) is 18.0. The summed E-state index contributed by atoms with van der Waals surface area (Å²) in [5.41, 5.74) is 7.20. The number of likely N-dealkylation sites (tertiary alicyclic amines) is 1. The van der Waals surface area contributed by atoms with E-state index in [1.807, 2.05) is 7.05 Å². The molecule has 2 saturated heterocycles. The summed E-state index contributed by atoms with van der Waals surface area (Å²) in [7, 11) is 6.92. The summed E-state index contributed by atoms with van der Waals surface area (Å²) in [6.45, 7) is 6.41. The van der Waals surface area contributed by atoms with Crippen molar-refractivity contribution in [3.05, 3.63) is 60.9 Å². The topological polar surface area (TPSA) is 220 Å². The number of fused-ring (bicyclic) bond motifs is 2. The van der Waals surface area contributed by atoms with Crippen molar-refractivity contribution in [1.82, 2.24) is 49.3 Å². The van der Waals surface area contributed by atoms with Crippen LogP contribution >= 0.6 is 47.8 Å². The Morgan fingerprint density at radius 1 is 0.651 bits per heavy atom. The number of carboxylic acids is 1. The molecule has 2 aliphatic heterocycles. The van der Waals surface area contributed by atoms with Gasteiger partial charge >= 0.3 is 17.9 Å². The van der Waals surface area contributed by atoms with E-state index in [0.717, 1.165) is 35.4 Å². The molecule has 348 valence electrons. The van der Waals surface area contributed by atoms with Gasteiger partial charge in [0.15, 0.2) is 0 Å². The summed E-state index contributed by atoms with van der Waals surface area (Å²) < 4.78 is 17.6. The fraction of sp³-hybridized carbons (Fsp3) is 0.619. The number of esters is 2. The van der Waals surface area contributed by atoms with Crippen LogP contribution in [0.15, 0.2) is 38.6 Å². The maximum Gasteiger partial charge on any atom is 0.343 e. The lowest BCUT2D eigenvalue weighted by Crippen LogP contribution is -2.49. The minimum atomic E-state index is -0.972. The van der Waals surface area contributed by atoms with Gasteiger partial charge in [0.25, 0.3) is 5.91 Å². The predicted octanol–water partition coefficient (Wildman–Crippen LogP) is 7.33. The maximum atomic E-state index is 12.7. The molecule has 4 atom stereocenters. The molecule has 0 radical (unpaired) electrons. The number of ether oxygens (including phenoxy) is 2. The van der Waals surface area contributed by atoms with Crippen LogP contribution < -0.4 is 11.1 Å². The van der Waals surface area contributed by atoms with E-state index >= 15 is 0 Å². The van der Waals surface area contributed by atoms with Gasteiger partial charge in [-0.25, -0.2) is 14.4 Å². The van der Waals surface area contributed by atoms with Crippen molar-refractivity contribution in [1.29, 1.82) is 0 Å². The molecule has 4 aromatic rings. The molecule has 1 amide bonds. The number of carboxylic acid groups (broad SMARTS) is 1. The third kappa shape index (κ3) is 14.2. The zero-order valence-corrected chi connectivity index (χ0v) is 41.8. The van der Waals surface area contributed by atoms with E-state index in [9.17, 15) is 19.2 Å². The van der Waals surface area contributed by atoms with E-state index in [4.69, 9.17) is 20.3 Å². The average molecular weight is 1070 g/mol. The molecule has 18 nitrogen and oxygen atoms in total. The standard InChI is InChI=1S/C14H20BrN3O.C9H17N.C7H9BrN2O2.C7H11N3O2.C5H5BrN2O2/c1-17-13(15)11(9-16-17)14(19)18-8-4-6-10-5-2-3-7-12(10)18;1-2-6-9-8(4-1)5-3-7-10-9;2*1-3-12-7(11)5-4-9-10(2)6(5)8;1-8-4(6)3(2-7-8)5(9)10/h9-10,12H,2-8H2,1H3;8-10H,1-7H2;4H,3H2,1-2H3;4H,3,8H2,1-2H3;2H,1H3,(H,9,10). The van der Waals surface area contributed by atoms with Gasteiger partial charge < -0.3 is 30.5 Å². The fourth-order valence-electron chi connectivity index (χ4n) is 8.22. The summed E-state index contributed by atoms with van der Waals surface area (Å²) >= 11 is 9.75. The molecule has 2 saturated carbocycles. The van der Waals surface area contributed by atoms with Crippen LogP contribution in [-0.4, -0.2) is 111 Å². The lowest BCUT2D eigenvalue weighted by atomic mass is 9.78. The molecule has 2 aliphatic carbocycles. The van der Waals surface area contributed by atoms with Gasteiger partial charge in [-0.1, -0.05) is 25.7 Å². The van der Waals surface area contributed by atoms with Gasteiger partial charge in [0.1, 0.15) is 36.3 Å². The molecule has 0 aromatic carbocycles. The number of hydrogen-bond acceptors (Lipinski definition) is 12. The van der Waals surface area contributed by atoms with Crippen LogP contribution in [0.25, 0.3) is 0 Å². The number of piperidine rings is 2. The molecule has 4 aromatic heterocycles. The highest BCUT2D eigenvalue weighted by atomic mass is 79.9. The van der Waals surface area contributed by atoms with Crippen molar-refractivity contribution < 1.29 is 33.8 Å². The number of aryl methyl sites for hydroxylation is 4. The molecular formula is C42H62Br3N11O7. The van der Waals surface area contributed by atoms with E-state index in [1.54, 1.807) is 50.6 Å². The third-order valence-corrected chi connectivity index (χ3v) is 14.4. The number of amides is 1. The van der Waals surface area contributed by atoms with Crippen molar-refractivity contribution in [2.24, 2.45) is 40.0 Å². The van der Waals surface area contributed by atoms with E-state index < -0.39 is 11.9 Å². The van der Waals surface area contributed by atoms with Crippen LogP contribution in [0.5, 0.6) is 0 Å². The Bertz CT molecular complexity index is 2030. The summed E-state index contributed by atoms with van der Waals surface area (Å²) in [4.78, 5) is 47.5. The number of halogens is 3. The van der Waals surface area contributed by atoms with E-state index in [2.05, 4.69) is 78.4 Å². The molecule has 63 heavy (non-hydrogen) atoms. The second-order valence-electron chi connectivity index (χ2n) is 15.7. The van der Waals surface area contributed by atoms with Crippen LogP contribution in [0.2, 0.25) is 0 Å². The van der Waals surface area contributed by atoms with Gasteiger partial charge in [-0.15, -0.1) is 0 Å². The third-order valence-electron chi connectivity index (χ3n) is 11.6. The van der Waals surface area contributed by atoms with Gasteiger partial charge in [0.2, 0.25) is 0 Å². The highest BCUT2D eigenvalue weighted by Gasteiger charge is 2.37. The van der Waals surface area contributed by atoms with Crippen LogP contribution in [-0.2, 0) is 37.7 Å². The first-order valence-electron chi connectivity index (χ1n) is 21.5. The highest BCUT2D eigenvalue weighted by molar-refractivity contribution is 9.11. The molecule has 0 bridgehead atoms. The lowest BCUT2D eigenvalue weighted by Gasteiger charge is -2.44. The molecule has 21 heteroatoms. The van der Waals surface area contributed by atoms with Crippen LogP contribution in [0.1, 0.15) is 132 Å². The minimum Gasteiger partial charge on any atom is -0.478 e. The van der Waals surface area contributed by atoms with Gasteiger partial charge in [0.05, 0.1) is 43.6 Å². The van der Waals surface area contributed by atoms with Gasteiger partial charge in [0, 0.05) is 46.8 Å². The number of anilines is 1. The van der Waals surface area contributed by atoms with Crippen molar-refractivity contribution in [2.75, 3.05) is 32.0 Å². The quantitative estimate of drug-likeness (QED) is 0.161. The average Bonchev–Trinajstić information content (AvgIpc) is 4.03. The second kappa shape index (κ2) is 25.4. The zero-order valence-electron chi connectivity index (χ0n) is 37.1. The first-order chi connectivity index (χ1) is 30.1. The van der Waals surface area contributed by atoms with Gasteiger partial charge in [-0.05, 0) is 131 Å². The van der Waals surface area contributed by atoms with Crippen LogP contribution in [0, 0.1) is 11.8 Å². The summed E-state index contributed by atoms with van der Waals surface area (Å²) in [5.74, 6) is 0.495. The smallest absolute Gasteiger partial charge is 0.343 e. The zero-order chi connectivity index (χ0) is 46.2. The number of nitrogens with two attached hydrogens (primary N) is 1. The number of aromatic nitrogens is 8. The number of carbonyl (C=O) groups is 4. The number of nitrogens with zero attached hydrogens (tertiary/aromatic N) is 9. The van der Waals surface area contributed by atoms with Crippen molar-refractivity contribution in [3.8, 4) is 0 Å². The summed E-state index contributed by atoms with van der Waals surface area (Å²) in [5, 5.41) is 27.7. The highest BCUT2D eigenvalue weighted by Crippen LogP contribution is 2.36. The molecule has 0 spiro atoms. The van der Waals surface area contributed by atoms with E-state index in [1.165, 1.54) is 105 Å². The van der Waals surface area contributed by atoms with Gasteiger partial charge in [-0.2, -0.15) is 20.4 Å². The Morgan fingerprint density at radius 3 is 1.60 bits per heavy atom. The molecular weight excluding hydrogens is 1010 g/mol. The molecule has 4 aliphatic rings. The monoisotopic (exact) mass is 1070 g/mol. The number of rotatable bonds is 6. The predicted molar refractivity (Wildman–Crippen MR) is 248 cm³/mol. The Morgan fingerprint density at radius 2 is 1.11 bits per heavy atom. The number of nitrogen functional groups attached to an aromatic ring is 1. The van der Waals surface area contributed by atoms with Crippen molar-refractivity contribution in [2.45, 2.75) is 103 Å². The minimum absolute atomic E-state index is 0.150. The van der Waals surface area contributed by atoms with Gasteiger partial charge in [-0.3, -0.25) is 23.5 Å². The van der Waals surface area contributed by atoms with Crippen LogP contribution in [0.3, 0.4) is 0 Å². The van der Waals surface area contributed by atoms with Crippen molar-refractivity contribution >= 4 is 77.4 Å². The number of hydrogen-bond donors (Lipinski definition) is 3. The first kappa shape index (κ1) is 51.6. The number of nitrogens with one attached hydrogen (secondary N) is 1. The SMILES string of the molecule is C1CCC2NCCCC2C1.CCOC(=O)c1cnn(C)c1Br.CCOC(=O)c1cnn(C)c1N.Cn1ncc(C(=O)N2CCCC3CCCCC32)c1Br.Cn1ncc(C(=O)O)c1Br. The Balaban J connectivity index is 0.000000177. The van der Waals surface area contributed by atoms with E-state index in [-0.39, 0.29) is 17.4 Å². The molecule has 8 rings (SSSR count). The summed E-state index contributed by atoms with van der Waals surface area (Å²) in [6.07, 6.45) is 22.2. The Kier molecular flexibility index (Phi) is 20.8. The largest absolute Gasteiger partial charge is 0.478 e. The number of carbonyl (C=O) groups excluding carboxylic acids is 3. The molecule has 4 unspecified atom stereocenters.